The first-order valence-electron chi connectivity index (χ1n) is 7.00. The lowest BCUT2D eigenvalue weighted by molar-refractivity contribution is -0.116. The van der Waals surface area contributed by atoms with Gasteiger partial charge in [-0.05, 0) is 48.7 Å². The molecule has 2 aromatic rings. The SMILES string of the molecule is Cc1sc2c(c1C)CSC(C(=O)NCc1ccc(F)cc1)=C2. The van der Waals surface area contributed by atoms with Gasteiger partial charge < -0.3 is 5.32 Å². The monoisotopic (exact) mass is 333 g/mol. The first-order valence-corrected chi connectivity index (χ1v) is 8.81. The minimum Gasteiger partial charge on any atom is -0.348 e. The Bertz CT molecular complexity index is 747. The number of thiophene rings is 1. The number of carbonyl (C=O) groups is 1. The number of fused-ring (bicyclic) bond motifs is 1. The zero-order valence-electron chi connectivity index (χ0n) is 12.4. The van der Waals surface area contributed by atoms with Gasteiger partial charge in [-0.1, -0.05) is 12.1 Å². The van der Waals surface area contributed by atoms with Crippen LogP contribution in [-0.2, 0) is 17.1 Å². The van der Waals surface area contributed by atoms with Crippen molar-refractivity contribution in [2.24, 2.45) is 0 Å². The molecule has 1 amide bonds. The van der Waals surface area contributed by atoms with Crippen LogP contribution in [0.4, 0.5) is 4.39 Å². The molecule has 1 N–H and O–H groups in total. The lowest BCUT2D eigenvalue weighted by Gasteiger charge is -2.13. The number of halogens is 1. The summed E-state index contributed by atoms with van der Waals surface area (Å²) in [7, 11) is 0. The van der Waals surface area contributed by atoms with Crippen molar-refractivity contribution in [3.05, 3.63) is 61.4 Å². The predicted molar refractivity (Wildman–Crippen MR) is 91.3 cm³/mol. The van der Waals surface area contributed by atoms with Crippen LogP contribution in [0, 0.1) is 19.7 Å². The van der Waals surface area contributed by atoms with Crippen molar-refractivity contribution in [2.45, 2.75) is 26.1 Å². The molecule has 0 saturated carbocycles. The van der Waals surface area contributed by atoms with Crippen LogP contribution in [0.15, 0.2) is 29.2 Å². The topological polar surface area (TPSA) is 29.1 Å². The summed E-state index contributed by atoms with van der Waals surface area (Å²) in [4.78, 5) is 15.5. The van der Waals surface area contributed by atoms with Crippen LogP contribution in [0.5, 0.6) is 0 Å². The second kappa shape index (κ2) is 6.26. The van der Waals surface area contributed by atoms with Crippen LogP contribution >= 0.6 is 23.1 Å². The Morgan fingerprint density at radius 2 is 2.00 bits per heavy atom. The lowest BCUT2D eigenvalue weighted by atomic mass is 10.1. The van der Waals surface area contributed by atoms with Gasteiger partial charge in [0.2, 0.25) is 0 Å². The second-order valence-corrected chi connectivity index (χ2v) is 7.51. The highest BCUT2D eigenvalue weighted by atomic mass is 32.2. The van der Waals surface area contributed by atoms with Crippen molar-refractivity contribution in [1.82, 2.24) is 5.32 Å². The van der Waals surface area contributed by atoms with Gasteiger partial charge in [-0.15, -0.1) is 23.1 Å². The average Bonchev–Trinajstić information content (AvgIpc) is 2.80. The Kier molecular flexibility index (Phi) is 4.36. The number of carbonyl (C=O) groups excluding carboxylic acids is 1. The summed E-state index contributed by atoms with van der Waals surface area (Å²) < 4.78 is 12.9. The fraction of sp³-hybridized carbons (Fsp3) is 0.235. The smallest absolute Gasteiger partial charge is 0.258 e. The van der Waals surface area contributed by atoms with E-state index in [9.17, 15) is 9.18 Å². The van der Waals surface area contributed by atoms with E-state index >= 15 is 0 Å². The van der Waals surface area contributed by atoms with E-state index in [2.05, 4.69) is 19.2 Å². The largest absolute Gasteiger partial charge is 0.348 e. The molecule has 0 unspecified atom stereocenters. The molecule has 0 spiro atoms. The van der Waals surface area contributed by atoms with Crippen molar-refractivity contribution >= 4 is 35.1 Å². The molecule has 0 saturated heterocycles. The molecule has 114 valence electrons. The van der Waals surface area contributed by atoms with Gasteiger partial charge in [0.15, 0.2) is 0 Å². The third-order valence-corrected chi connectivity index (χ3v) is 6.01. The van der Waals surface area contributed by atoms with Gasteiger partial charge in [0, 0.05) is 22.1 Å². The van der Waals surface area contributed by atoms with E-state index in [0.717, 1.165) is 16.2 Å². The van der Waals surface area contributed by atoms with Gasteiger partial charge in [0.1, 0.15) is 5.82 Å². The molecule has 1 aromatic carbocycles. The zero-order chi connectivity index (χ0) is 15.7. The number of aryl methyl sites for hydroxylation is 1. The van der Waals surface area contributed by atoms with E-state index < -0.39 is 0 Å². The number of benzene rings is 1. The van der Waals surface area contributed by atoms with Gasteiger partial charge in [-0.3, -0.25) is 4.79 Å². The summed E-state index contributed by atoms with van der Waals surface area (Å²) >= 11 is 3.32. The van der Waals surface area contributed by atoms with Crippen LogP contribution in [0.1, 0.15) is 26.4 Å². The minimum absolute atomic E-state index is 0.0660. The number of hydrogen-bond donors (Lipinski definition) is 1. The van der Waals surface area contributed by atoms with Gasteiger partial charge in [0.05, 0.1) is 4.91 Å². The van der Waals surface area contributed by atoms with Gasteiger partial charge in [-0.25, -0.2) is 4.39 Å². The summed E-state index contributed by atoms with van der Waals surface area (Å²) in [5.41, 5.74) is 3.58. The molecule has 0 bridgehead atoms. The Labute approximate surface area is 137 Å². The molecule has 0 fully saturated rings. The predicted octanol–water partition coefficient (Wildman–Crippen LogP) is 4.41. The highest BCUT2D eigenvalue weighted by molar-refractivity contribution is 8.03. The Morgan fingerprint density at radius 3 is 2.73 bits per heavy atom. The lowest BCUT2D eigenvalue weighted by Crippen LogP contribution is -2.24. The zero-order valence-corrected chi connectivity index (χ0v) is 14.0. The Hall–Kier alpha value is -1.59. The summed E-state index contributed by atoms with van der Waals surface area (Å²) in [5.74, 6) is 0.515. The third-order valence-electron chi connectivity index (χ3n) is 3.77. The maximum absolute atomic E-state index is 12.9. The van der Waals surface area contributed by atoms with Crippen LogP contribution < -0.4 is 5.32 Å². The molecule has 0 radical (unpaired) electrons. The molecule has 22 heavy (non-hydrogen) atoms. The van der Waals surface area contributed by atoms with Crippen molar-refractivity contribution in [3.8, 4) is 0 Å². The first kappa shape index (κ1) is 15.3. The summed E-state index contributed by atoms with van der Waals surface area (Å²) in [6, 6.07) is 6.17. The van der Waals surface area contributed by atoms with Gasteiger partial charge in [0.25, 0.3) is 5.91 Å². The van der Waals surface area contributed by atoms with E-state index in [0.29, 0.717) is 6.54 Å². The summed E-state index contributed by atoms with van der Waals surface area (Å²) in [6.07, 6.45) is 1.98. The summed E-state index contributed by atoms with van der Waals surface area (Å²) in [5, 5.41) is 2.89. The van der Waals surface area contributed by atoms with E-state index in [4.69, 9.17) is 0 Å². The van der Waals surface area contributed by atoms with Crippen molar-refractivity contribution in [2.75, 3.05) is 0 Å². The number of nitrogens with one attached hydrogen (secondary N) is 1. The maximum atomic E-state index is 12.9. The molecular weight excluding hydrogens is 317 g/mol. The van der Waals surface area contributed by atoms with Crippen LogP contribution in [0.3, 0.4) is 0 Å². The molecule has 5 heteroatoms. The van der Waals surface area contributed by atoms with Crippen LogP contribution in [0.25, 0.3) is 6.08 Å². The molecule has 1 aliphatic heterocycles. The van der Waals surface area contributed by atoms with E-state index in [1.165, 1.54) is 33.0 Å². The van der Waals surface area contributed by atoms with E-state index in [1.54, 1.807) is 35.2 Å². The highest BCUT2D eigenvalue weighted by Gasteiger charge is 2.20. The molecule has 1 aromatic heterocycles. The third kappa shape index (κ3) is 3.10. The molecule has 2 nitrogen and oxygen atoms in total. The van der Waals surface area contributed by atoms with Crippen molar-refractivity contribution in [3.63, 3.8) is 0 Å². The number of rotatable bonds is 3. The second-order valence-electron chi connectivity index (χ2n) is 5.23. The van der Waals surface area contributed by atoms with E-state index in [-0.39, 0.29) is 11.7 Å². The number of hydrogen-bond acceptors (Lipinski definition) is 3. The van der Waals surface area contributed by atoms with Crippen molar-refractivity contribution in [1.29, 1.82) is 0 Å². The molecule has 3 rings (SSSR count). The quantitative estimate of drug-likeness (QED) is 0.901. The highest BCUT2D eigenvalue weighted by Crippen LogP contribution is 2.39. The van der Waals surface area contributed by atoms with Crippen molar-refractivity contribution < 1.29 is 9.18 Å². The minimum atomic E-state index is -0.267. The Morgan fingerprint density at radius 1 is 1.27 bits per heavy atom. The fourth-order valence-electron chi connectivity index (χ4n) is 2.31. The number of amides is 1. The van der Waals surface area contributed by atoms with Crippen LogP contribution in [-0.4, -0.2) is 5.91 Å². The molecule has 0 atom stereocenters. The van der Waals surface area contributed by atoms with Gasteiger partial charge >= 0.3 is 0 Å². The molecule has 1 aliphatic rings. The number of thioether (sulfide) groups is 1. The maximum Gasteiger partial charge on any atom is 0.258 e. The molecule has 2 heterocycles. The normalized spacial score (nSPS) is 13.5. The van der Waals surface area contributed by atoms with E-state index in [1.807, 2.05) is 6.08 Å². The summed E-state index contributed by atoms with van der Waals surface area (Å²) in [6.45, 7) is 4.66. The average molecular weight is 333 g/mol. The molecular formula is C17H16FNOS2. The fourth-order valence-corrected chi connectivity index (χ4v) is 4.68. The standard InChI is InChI=1S/C17H16FNOS2/c1-10-11(2)22-15-7-16(21-9-14(10)15)17(20)19-8-12-3-5-13(18)6-4-12/h3-7H,8-9H2,1-2H3,(H,19,20). The first-order chi connectivity index (χ1) is 10.5. The molecule has 0 aliphatic carbocycles. The van der Waals surface area contributed by atoms with Gasteiger partial charge in [-0.2, -0.15) is 0 Å². The van der Waals surface area contributed by atoms with Crippen LogP contribution in [0.2, 0.25) is 0 Å². The Balaban J connectivity index is 1.69.